The summed E-state index contributed by atoms with van der Waals surface area (Å²) in [7, 11) is 1.81. The summed E-state index contributed by atoms with van der Waals surface area (Å²) in [5.41, 5.74) is 0.478. The number of nitrogens with one attached hydrogen (secondary N) is 2. The van der Waals surface area contributed by atoms with Crippen molar-refractivity contribution in [1.82, 2.24) is 10.6 Å². The Balaban J connectivity index is 0.00000220. The lowest BCUT2D eigenvalue weighted by atomic mass is 9.73. The number of nitrogens with zero attached hydrogens (tertiary/aromatic N) is 1. The van der Waals surface area contributed by atoms with Crippen LogP contribution in [0, 0.1) is 16.7 Å². The molecule has 2 fully saturated rings. The van der Waals surface area contributed by atoms with E-state index in [4.69, 9.17) is 0 Å². The first-order chi connectivity index (χ1) is 9.37. The molecule has 5 heteroatoms. The largest absolute Gasteiger partial charge is 0.392 e. The van der Waals surface area contributed by atoms with Crippen LogP contribution < -0.4 is 10.6 Å². The highest BCUT2D eigenvalue weighted by Crippen LogP contribution is 2.50. The molecule has 0 radical (unpaired) electrons. The Labute approximate surface area is 146 Å². The summed E-state index contributed by atoms with van der Waals surface area (Å²) in [6, 6.07) is 0. The smallest absolute Gasteiger partial charge is 0.191 e. The molecule has 0 heterocycles. The molecule has 0 aromatic carbocycles. The molecular formula is C16H32IN3O. The summed E-state index contributed by atoms with van der Waals surface area (Å²) in [6.45, 7) is 8.60. The minimum absolute atomic E-state index is 0. The minimum atomic E-state index is -0.191. The third kappa shape index (κ3) is 4.98. The van der Waals surface area contributed by atoms with Gasteiger partial charge in [0, 0.05) is 25.6 Å². The average Bonchev–Trinajstić information content (AvgIpc) is 3.01. The van der Waals surface area contributed by atoms with Crippen molar-refractivity contribution in [3.8, 4) is 0 Å². The van der Waals surface area contributed by atoms with Gasteiger partial charge in [0.05, 0.1) is 6.10 Å². The Kier molecular flexibility index (Phi) is 6.78. The van der Waals surface area contributed by atoms with E-state index in [9.17, 15) is 5.11 Å². The first-order valence-electron chi connectivity index (χ1n) is 8.00. The maximum absolute atomic E-state index is 10.2. The van der Waals surface area contributed by atoms with Crippen LogP contribution in [0.3, 0.4) is 0 Å². The fourth-order valence-corrected chi connectivity index (χ4v) is 3.24. The van der Waals surface area contributed by atoms with Crippen molar-refractivity contribution in [2.45, 2.75) is 59.0 Å². The second kappa shape index (κ2) is 7.49. The molecule has 3 N–H and O–H groups in total. The van der Waals surface area contributed by atoms with Crippen LogP contribution in [-0.4, -0.2) is 37.3 Å². The van der Waals surface area contributed by atoms with Gasteiger partial charge in [-0.3, -0.25) is 4.99 Å². The Hall–Kier alpha value is -0.0400. The van der Waals surface area contributed by atoms with E-state index < -0.39 is 0 Å². The van der Waals surface area contributed by atoms with Gasteiger partial charge in [-0.15, -0.1) is 24.0 Å². The fourth-order valence-electron chi connectivity index (χ4n) is 3.24. The number of aliphatic imine (C=N–C) groups is 1. The standard InChI is InChI=1S/C16H31N3O.HI/c1-15(2)9-12(15)10-18-14(17-4)19-11-16(3)8-6-5-7-13(16)20;/h12-13,20H,5-11H2,1-4H3,(H2,17,18,19);1H. The van der Waals surface area contributed by atoms with Crippen LogP contribution in [0.5, 0.6) is 0 Å². The Morgan fingerprint density at radius 1 is 1.24 bits per heavy atom. The summed E-state index contributed by atoms with van der Waals surface area (Å²) < 4.78 is 0. The van der Waals surface area contributed by atoms with Gasteiger partial charge in [0.15, 0.2) is 5.96 Å². The number of rotatable bonds is 4. The maximum atomic E-state index is 10.2. The van der Waals surface area contributed by atoms with Crippen molar-refractivity contribution in [3.63, 3.8) is 0 Å². The molecule has 0 bridgehead atoms. The molecule has 2 rings (SSSR count). The zero-order valence-electron chi connectivity index (χ0n) is 13.9. The molecule has 0 aliphatic heterocycles. The number of aliphatic hydroxyl groups is 1. The van der Waals surface area contributed by atoms with Crippen LogP contribution in [0.25, 0.3) is 0 Å². The Bertz CT molecular complexity index is 373. The molecule has 0 aromatic rings. The molecule has 2 saturated carbocycles. The minimum Gasteiger partial charge on any atom is -0.392 e. The normalized spacial score (nSPS) is 34.8. The molecule has 2 aliphatic carbocycles. The Morgan fingerprint density at radius 3 is 2.43 bits per heavy atom. The highest BCUT2D eigenvalue weighted by molar-refractivity contribution is 14.0. The summed E-state index contributed by atoms with van der Waals surface area (Å²) in [5.74, 6) is 1.63. The fraction of sp³-hybridized carbons (Fsp3) is 0.938. The highest BCUT2D eigenvalue weighted by Gasteiger charge is 2.45. The van der Waals surface area contributed by atoms with Gasteiger partial charge in [-0.1, -0.05) is 33.6 Å². The highest BCUT2D eigenvalue weighted by atomic mass is 127. The summed E-state index contributed by atoms with van der Waals surface area (Å²) in [4.78, 5) is 4.29. The number of hydrogen-bond acceptors (Lipinski definition) is 2. The molecular weight excluding hydrogens is 377 g/mol. The van der Waals surface area contributed by atoms with E-state index in [1.807, 2.05) is 7.05 Å². The van der Waals surface area contributed by atoms with Crippen LogP contribution in [0.1, 0.15) is 52.9 Å². The van der Waals surface area contributed by atoms with Crippen LogP contribution in [-0.2, 0) is 0 Å². The van der Waals surface area contributed by atoms with E-state index in [0.29, 0.717) is 5.41 Å². The third-order valence-electron chi connectivity index (χ3n) is 5.40. The summed E-state index contributed by atoms with van der Waals surface area (Å²) in [5, 5.41) is 17.0. The van der Waals surface area contributed by atoms with Crippen molar-refractivity contribution in [1.29, 1.82) is 0 Å². The van der Waals surface area contributed by atoms with Crippen LogP contribution >= 0.6 is 24.0 Å². The zero-order chi connectivity index (χ0) is 14.8. The van der Waals surface area contributed by atoms with Crippen LogP contribution in [0.2, 0.25) is 0 Å². The maximum Gasteiger partial charge on any atom is 0.191 e. The molecule has 0 saturated heterocycles. The van der Waals surface area contributed by atoms with Gasteiger partial charge >= 0.3 is 0 Å². The number of aliphatic hydroxyl groups excluding tert-OH is 1. The summed E-state index contributed by atoms with van der Waals surface area (Å²) in [6.07, 6.45) is 5.50. The predicted octanol–water partition coefficient (Wildman–Crippen LogP) is 2.76. The van der Waals surface area contributed by atoms with Gasteiger partial charge < -0.3 is 15.7 Å². The van der Waals surface area contributed by atoms with E-state index in [1.54, 1.807) is 0 Å². The summed E-state index contributed by atoms with van der Waals surface area (Å²) >= 11 is 0. The van der Waals surface area contributed by atoms with Crippen molar-refractivity contribution in [2.24, 2.45) is 21.7 Å². The molecule has 3 unspecified atom stereocenters. The first-order valence-corrected chi connectivity index (χ1v) is 8.00. The number of halogens is 1. The average molecular weight is 409 g/mol. The first kappa shape index (κ1) is 19.0. The molecule has 0 spiro atoms. The second-order valence-corrected chi connectivity index (χ2v) is 7.61. The predicted molar refractivity (Wildman–Crippen MR) is 99.2 cm³/mol. The molecule has 2 aliphatic rings. The van der Waals surface area contributed by atoms with E-state index >= 15 is 0 Å². The third-order valence-corrected chi connectivity index (χ3v) is 5.40. The number of guanidine groups is 1. The van der Waals surface area contributed by atoms with E-state index in [-0.39, 0.29) is 35.5 Å². The monoisotopic (exact) mass is 409 g/mol. The lowest BCUT2D eigenvalue weighted by Crippen LogP contribution is -2.48. The molecule has 3 atom stereocenters. The SMILES string of the molecule is CN=C(NCC1CC1(C)C)NCC1(C)CCCCC1O.I. The van der Waals surface area contributed by atoms with Crippen LogP contribution in [0.4, 0.5) is 0 Å². The van der Waals surface area contributed by atoms with Gasteiger partial charge in [0.25, 0.3) is 0 Å². The molecule has 0 amide bonds. The van der Waals surface area contributed by atoms with Gasteiger partial charge in [-0.2, -0.15) is 0 Å². The van der Waals surface area contributed by atoms with Crippen molar-refractivity contribution in [3.05, 3.63) is 0 Å². The van der Waals surface area contributed by atoms with Gasteiger partial charge in [-0.05, 0) is 30.6 Å². The van der Waals surface area contributed by atoms with Gasteiger partial charge in [0.2, 0.25) is 0 Å². The van der Waals surface area contributed by atoms with Gasteiger partial charge in [0.1, 0.15) is 0 Å². The van der Waals surface area contributed by atoms with Crippen molar-refractivity contribution < 1.29 is 5.11 Å². The lowest BCUT2D eigenvalue weighted by Gasteiger charge is -2.38. The molecule has 4 nitrogen and oxygen atoms in total. The molecule has 0 aromatic heterocycles. The van der Waals surface area contributed by atoms with Gasteiger partial charge in [-0.25, -0.2) is 0 Å². The van der Waals surface area contributed by atoms with E-state index in [2.05, 4.69) is 36.4 Å². The van der Waals surface area contributed by atoms with Crippen molar-refractivity contribution in [2.75, 3.05) is 20.1 Å². The van der Waals surface area contributed by atoms with Crippen LogP contribution in [0.15, 0.2) is 4.99 Å². The van der Waals surface area contributed by atoms with E-state index in [0.717, 1.165) is 44.2 Å². The van der Waals surface area contributed by atoms with E-state index in [1.165, 1.54) is 12.8 Å². The topological polar surface area (TPSA) is 56.7 Å². The molecule has 21 heavy (non-hydrogen) atoms. The quantitative estimate of drug-likeness (QED) is 0.380. The lowest BCUT2D eigenvalue weighted by molar-refractivity contribution is 0.00397. The number of hydrogen-bond donors (Lipinski definition) is 3. The van der Waals surface area contributed by atoms with Crippen molar-refractivity contribution >= 4 is 29.9 Å². The Morgan fingerprint density at radius 2 is 1.90 bits per heavy atom. The molecule has 124 valence electrons. The zero-order valence-corrected chi connectivity index (χ0v) is 16.2. The second-order valence-electron chi connectivity index (χ2n) is 7.61.